The zero-order chi connectivity index (χ0) is 15.1. The molecule has 3 N–H and O–H groups in total. The van der Waals surface area contributed by atoms with Crippen molar-refractivity contribution in [3.05, 3.63) is 47.6 Å². The molecule has 2 rings (SSSR count). The van der Waals surface area contributed by atoms with Gasteiger partial charge in [-0.2, -0.15) is 6.08 Å². The Balaban J connectivity index is 0.00000242. The van der Waals surface area contributed by atoms with Crippen LogP contribution >= 0.6 is 11.6 Å². The second-order valence-corrected chi connectivity index (χ2v) is 4.98. The number of nitrogens with zero attached hydrogens (tertiary/aromatic N) is 2. The van der Waals surface area contributed by atoms with Gasteiger partial charge in [0.1, 0.15) is 0 Å². The molecule has 1 heterocycles. The van der Waals surface area contributed by atoms with Crippen LogP contribution in [-0.4, -0.2) is 23.9 Å². The van der Waals surface area contributed by atoms with Crippen molar-refractivity contribution < 1.29 is 29.6 Å². The Labute approximate surface area is 158 Å². The van der Waals surface area contributed by atoms with Crippen LogP contribution < -0.4 is 40.6 Å². The van der Waals surface area contributed by atoms with Crippen LogP contribution in [0, 0.1) is 6.08 Å². The van der Waals surface area contributed by atoms with Gasteiger partial charge in [0.15, 0.2) is 0 Å². The number of rotatable bonds is 6. The second-order valence-electron chi connectivity index (χ2n) is 4.54. The van der Waals surface area contributed by atoms with Crippen molar-refractivity contribution in [3.63, 3.8) is 0 Å². The van der Waals surface area contributed by atoms with Crippen LogP contribution in [0.5, 0.6) is 0 Å². The molecule has 0 atom stereocenters. The van der Waals surface area contributed by atoms with Crippen LogP contribution in [0.25, 0.3) is 10.9 Å². The molecule has 1 aromatic heterocycles. The third kappa shape index (κ3) is 5.61. The van der Waals surface area contributed by atoms with Crippen molar-refractivity contribution in [2.24, 2.45) is 10.7 Å². The number of fused-ring (bicyclic) bond motifs is 1. The van der Waals surface area contributed by atoms with Gasteiger partial charge in [-0.15, -0.1) is 6.92 Å². The number of nitrogens with one attached hydrogen (secondary N) is 1. The summed E-state index contributed by atoms with van der Waals surface area (Å²) in [6.45, 7) is 3.30. The molecule has 0 bridgehead atoms. The van der Waals surface area contributed by atoms with Crippen molar-refractivity contribution in [2.45, 2.75) is 13.3 Å². The van der Waals surface area contributed by atoms with E-state index in [1.807, 2.05) is 24.3 Å². The molecule has 0 radical (unpaired) electrons. The average molecular weight is 325 g/mol. The molecule has 0 amide bonds. The number of allylic oxidation sites excluding steroid dienone is 1. The summed E-state index contributed by atoms with van der Waals surface area (Å²) in [5, 5.41) is 5.15. The largest absolute Gasteiger partial charge is 1.00 e. The van der Waals surface area contributed by atoms with Gasteiger partial charge in [0.2, 0.25) is 0 Å². The molecule has 0 spiro atoms. The Kier molecular flexibility index (Phi) is 8.49. The predicted octanol–water partition coefficient (Wildman–Crippen LogP) is 0.431. The first-order chi connectivity index (χ1) is 10.2. The van der Waals surface area contributed by atoms with E-state index in [1.165, 1.54) is 0 Å². The molecule has 0 fully saturated rings. The van der Waals surface area contributed by atoms with Crippen molar-refractivity contribution in [2.75, 3.05) is 18.4 Å². The van der Waals surface area contributed by atoms with Gasteiger partial charge in [-0.05, 0) is 36.5 Å². The molecule has 1 aromatic carbocycles. The first-order valence-corrected chi connectivity index (χ1v) is 7.17. The Morgan fingerprint density at radius 1 is 1.45 bits per heavy atom. The first kappa shape index (κ1) is 19.0. The zero-order valence-electron chi connectivity index (χ0n) is 12.9. The predicted molar refractivity (Wildman–Crippen MR) is 89.8 cm³/mol. The summed E-state index contributed by atoms with van der Waals surface area (Å²) in [4.78, 5) is 8.54. The molecule has 110 valence electrons. The Hall–Kier alpha value is -1.07. The number of benzene rings is 1. The monoisotopic (exact) mass is 324 g/mol. The maximum atomic E-state index is 5.98. The smallest absolute Gasteiger partial charge is 0.461 e. The minimum atomic E-state index is 0. The minimum Gasteiger partial charge on any atom is -0.461 e. The van der Waals surface area contributed by atoms with Crippen LogP contribution in [0.2, 0.25) is 5.02 Å². The van der Waals surface area contributed by atoms with Gasteiger partial charge in [-0.3, -0.25) is 11.1 Å². The Bertz CT molecular complexity index is 670. The standard InChI is InChI=1S/C16H18ClN4.Na/c1-2-4-16(18)21-9-3-8-19-14-7-10-20-15-11-12(17)5-6-13(14)15;/h4-7,10-11H,3,8-9H2,1H3,(H2,18,21)(H,19,20);/q-1;+1. The molecule has 0 saturated carbocycles. The summed E-state index contributed by atoms with van der Waals surface area (Å²) in [5.74, 6) is 0.515. The number of nitrogens with two attached hydrogens (primary N) is 1. The molecule has 0 unspecified atom stereocenters. The van der Waals surface area contributed by atoms with Crippen molar-refractivity contribution in [3.8, 4) is 0 Å². The second kappa shape index (κ2) is 9.85. The number of pyridine rings is 1. The van der Waals surface area contributed by atoms with Crippen LogP contribution in [0.3, 0.4) is 0 Å². The van der Waals surface area contributed by atoms with Gasteiger partial charge in [-0.25, -0.2) is 0 Å². The number of anilines is 1. The fourth-order valence-corrected chi connectivity index (χ4v) is 2.15. The van der Waals surface area contributed by atoms with E-state index in [9.17, 15) is 0 Å². The van der Waals surface area contributed by atoms with Crippen molar-refractivity contribution in [1.82, 2.24) is 4.98 Å². The SMILES string of the molecule is C[C-]=CC(N)=NCCCNc1ccnc2cc(Cl)ccc12.[Na+]. The minimum absolute atomic E-state index is 0. The Morgan fingerprint density at radius 2 is 2.27 bits per heavy atom. The van der Waals surface area contributed by atoms with Gasteiger partial charge >= 0.3 is 29.6 Å². The molecule has 22 heavy (non-hydrogen) atoms. The molecule has 6 heteroatoms. The summed E-state index contributed by atoms with van der Waals surface area (Å²) in [6, 6.07) is 7.67. The van der Waals surface area contributed by atoms with E-state index in [1.54, 1.807) is 19.2 Å². The van der Waals surface area contributed by atoms with Crippen LogP contribution in [0.1, 0.15) is 13.3 Å². The van der Waals surface area contributed by atoms with Crippen LogP contribution in [0.4, 0.5) is 5.69 Å². The van der Waals surface area contributed by atoms with E-state index in [4.69, 9.17) is 17.3 Å². The molecule has 0 aliphatic carbocycles. The third-order valence-electron chi connectivity index (χ3n) is 2.94. The number of hydrogen-bond acceptors (Lipinski definition) is 3. The maximum Gasteiger partial charge on any atom is 1.00 e. The Morgan fingerprint density at radius 3 is 3.05 bits per heavy atom. The number of hydrogen-bond donors (Lipinski definition) is 2. The summed E-state index contributed by atoms with van der Waals surface area (Å²) in [5.41, 5.74) is 7.60. The van der Waals surface area contributed by atoms with Crippen LogP contribution in [-0.2, 0) is 0 Å². The van der Waals surface area contributed by atoms with Crippen LogP contribution in [0.15, 0.2) is 41.5 Å². The number of aliphatic imine (C=N–C) groups is 1. The first-order valence-electron chi connectivity index (χ1n) is 6.79. The van der Waals surface area contributed by atoms with Gasteiger partial charge < -0.3 is 16.0 Å². The molecule has 4 nitrogen and oxygen atoms in total. The molecular weight excluding hydrogens is 307 g/mol. The molecular formula is C16H18ClN4Na. The number of amidine groups is 1. The van der Waals surface area contributed by atoms with Gasteiger partial charge in [0.05, 0.1) is 5.52 Å². The summed E-state index contributed by atoms with van der Waals surface area (Å²) < 4.78 is 0. The molecule has 0 aliphatic rings. The maximum absolute atomic E-state index is 5.98. The normalized spacial score (nSPS) is 11.6. The zero-order valence-corrected chi connectivity index (χ0v) is 15.7. The topological polar surface area (TPSA) is 63.3 Å². The van der Waals surface area contributed by atoms with Crippen molar-refractivity contribution >= 4 is 34.0 Å². The van der Waals surface area contributed by atoms with E-state index in [-0.39, 0.29) is 29.6 Å². The van der Waals surface area contributed by atoms with Crippen molar-refractivity contribution in [1.29, 1.82) is 0 Å². The van der Waals surface area contributed by atoms with Gasteiger partial charge in [0, 0.05) is 35.4 Å². The number of halogens is 1. The van der Waals surface area contributed by atoms with E-state index < -0.39 is 0 Å². The molecule has 0 aliphatic heterocycles. The fourth-order valence-electron chi connectivity index (χ4n) is 1.98. The molecule has 2 aromatic rings. The average Bonchev–Trinajstić information content (AvgIpc) is 2.47. The quantitative estimate of drug-likeness (QED) is 0.266. The van der Waals surface area contributed by atoms with E-state index in [0.29, 0.717) is 17.4 Å². The van der Waals surface area contributed by atoms with E-state index in [2.05, 4.69) is 21.4 Å². The third-order valence-corrected chi connectivity index (χ3v) is 3.18. The molecule has 0 saturated heterocycles. The van der Waals surface area contributed by atoms with E-state index in [0.717, 1.165) is 29.6 Å². The van der Waals surface area contributed by atoms with E-state index >= 15 is 0 Å². The summed E-state index contributed by atoms with van der Waals surface area (Å²) >= 11 is 5.98. The van der Waals surface area contributed by atoms with Gasteiger partial charge in [0.25, 0.3) is 0 Å². The fraction of sp³-hybridized carbons (Fsp3) is 0.250. The van der Waals surface area contributed by atoms with Gasteiger partial charge in [-0.1, -0.05) is 11.6 Å². The summed E-state index contributed by atoms with van der Waals surface area (Å²) in [7, 11) is 0. The number of aromatic nitrogens is 1. The summed E-state index contributed by atoms with van der Waals surface area (Å²) in [6.07, 6.45) is 7.19.